The average molecular weight is 282 g/mol. The van der Waals surface area contributed by atoms with Gasteiger partial charge in [-0.2, -0.15) is 0 Å². The van der Waals surface area contributed by atoms with E-state index in [-0.39, 0.29) is 5.92 Å². The molecule has 2 nitrogen and oxygen atoms in total. The maximum absolute atomic E-state index is 11.6. The van der Waals surface area contributed by atoms with Gasteiger partial charge in [0.15, 0.2) is 0 Å². The van der Waals surface area contributed by atoms with E-state index < -0.39 is 5.97 Å². The summed E-state index contributed by atoms with van der Waals surface area (Å²) in [5.41, 5.74) is 5.75. The zero-order valence-corrected chi connectivity index (χ0v) is 12.9. The smallest absolute Gasteiger partial charge is 0.307 e. The van der Waals surface area contributed by atoms with Gasteiger partial charge in [0, 0.05) is 0 Å². The second kappa shape index (κ2) is 6.57. The minimum absolute atomic E-state index is 0.381. The number of carboxylic acids is 1. The average Bonchev–Trinajstić information content (AvgIpc) is 2.44. The molecule has 2 rings (SSSR count). The SMILES string of the molecule is Cc1ccc(CC(Cc2cc(C)ccc2C)C(=O)O)cc1. The number of rotatable bonds is 5. The van der Waals surface area contributed by atoms with Gasteiger partial charge in [0.05, 0.1) is 5.92 Å². The lowest BCUT2D eigenvalue weighted by molar-refractivity contribution is -0.141. The number of hydrogen-bond donors (Lipinski definition) is 1. The monoisotopic (exact) mass is 282 g/mol. The molecular formula is C19H22O2. The summed E-state index contributed by atoms with van der Waals surface area (Å²) in [5.74, 6) is -1.11. The zero-order valence-electron chi connectivity index (χ0n) is 12.9. The first-order valence-electron chi connectivity index (χ1n) is 7.30. The minimum Gasteiger partial charge on any atom is -0.481 e. The van der Waals surface area contributed by atoms with E-state index in [1.165, 1.54) is 11.1 Å². The largest absolute Gasteiger partial charge is 0.481 e. The van der Waals surface area contributed by atoms with Crippen LogP contribution in [0.5, 0.6) is 0 Å². The summed E-state index contributed by atoms with van der Waals surface area (Å²) in [4.78, 5) is 11.6. The Morgan fingerprint density at radius 1 is 0.952 bits per heavy atom. The van der Waals surface area contributed by atoms with Crippen LogP contribution in [-0.4, -0.2) is 11.1 Å². The number of hydrogen-bond acceptors (Lipinski definition) is 1. The molecule has 1 unspecified atom stereocenters. The summed E-state index contributed by atoms with van der Waals surface area (Å²) in [6.07, 6.45) is 1.15. The lowest BCUT2D eigenvalue weighted by atomic mass is 9.90. The number of benzene rings is 2. The molecule has 0 radical (unpaired) electrons. The van der Waals surface area contributed by atoms with E-state index in [9.17, 15) is 9.90 Å². The van der Waals surface area contributed by atoms with Crippen molar-refractivity contribution >= 4 is 5.97 Å². The molecule has 0 saturated carbocycles. The third-order valence-electron chi connectivity index (χ3n) is 3.92. The van der Waals surface area contributed by atoms with Gasteiger partial charge in [0.25, 0.3) is 0 Å². The van der Waals surface area contributed by atoms with Crippen molar-refractivity contribution in [1.82, 2.24) is 0 Å². The number of carboxylic acid groups (broad SMARTS) is 1. The molecule has 1 N–H and O–H groups in total. The third kappa shape index (κ3) is 4.19. The first-order valence-corrected chi connectivity index (χ1v) is 7.30. The molecule has 2 aromatic rings. The molecule has 0 aliphatic heterocycles. The molecule has 0 heterocycles. The Kier molecular flexibility index (Phi) is 4.79. The van der Waals surface area contributed by atoms with E-state index in [0.717, 1.165) is 16.7 Å². The van der Waals surface area contributed by atoms with Gasteiger partial charge in [-0.05, 0) is 50.3 Å². The van der Waals surface area contributed by atoms with Gasteiger partial charge in [0.2, 0.25) is 0 Å². The van der Waals surface area contributed by atoms with Gasteiger partial charge >= 0.3 is 5.97 Å². The van der Waals surface area contributed by atoms with Gasteiger partial charge in [-0.1, -0.05) is 53.6 Å². The molecular weight excluding hydrogens is 260 g/mol. The van der Waals surface area contributed by atoms with Crippen molar-refractivity contribution in [3.05, 3.63) is 70.3 Å². The van der Waals surface area contributed by atoms with Crippen LogP contribution in [0.25, 0.3) is 0 Å². The third-order valence-corrected chi connectivity index (χ3v) is 3.92. The lowest BCUT2D eigenvalue weighted by Gasteiger charge is -2.15. The maximum atomic E-state index is 11.6. The molecule has 2 heteroatoms. The second-order valence-electron chi connectivity index (χ2n) is 5.86. The van der Waals surface area contributed by atoms with Crippen LogP contribution in [0.3, 0.4) is 0 Å². The summed E-state index contributed by atoms with van der Waals surface area (Å²) >= 11 is 0. The summed E-state index contributed by atoms with van der Waals surface area (Å²) < 4.78 is 0. The lowest BCUT2D eigenvalue weighted by Crippen LogP contribution is -2.19. The van der Waals surface area contributed by atoms with Crippen molar-refractivity contribution in [2.24, 2.45) is 5.92 Å². The standard InChI is InChI=1S/C19H22O2/c1-13-5-8-16(9-6-13)11-18(19(20)21)12-17-10-14(2)4-7-15(17)3/h4-10,18H,11-12H2,1-3H3,(H,20,21). The van der Waals surface area contributed by atoms with Crippen molar-refractivity contribution in [2.45, 2.75) is 33.6 Å². The first-order chi connectivity index (χ1) is 9.95. The number of aliphatic carboxylic acids is 1. The van der Waals surface area contributed by atoms with Crippen LogP contribution < -0.4 is 0 Å². The highest BCUT2D eigenvalue weighted by Gasteiger charge is 2.19. The van der Waals surface area contributed by atoms with Crippen LogP contribution in [0.4, 0.5) is 0 Å². The molecule has 21 heavy (non-hydrogen) atoms. The van der Waals surface area contributed by atoms with E-state index in [4.69, 9.17) is 0 Å². The van der Waals surface area contributed by atoms with Crippen molar-refractivity contribution < 1.29 is 9.90 Å². The highest BCUT2D eigenvalue weighted by atomic mass is 16.4. The normalized spacial score (nSPS) is 12.1. The van der Waals surface area contributed by atoms with Gasteiger partial charge < -0.3 is 5.11 Å². The quantitative estimate of drug-likeness (QED) is 0.896. The molecule has 0 amide bonds. The minimum atomic E-state index is -0.725. The Labute approximate surface area is 126 Å². The summed E-state index contributed by atoms with van der Waals surface area (Å²) in [5, 5.41) is 9.51. The second-order valence-corrected chi connectivity index (χ2v) is 5.86. The van der Waals surface area contributed by atoms with Crippen molar-refractivity contribution in [3.8, 4) is 0 Å². The van der Waals surface area contributed by atoms with Gasteiger partial charge in [-0.3, -0.25) is 4.79 Å². The first kappa shape index (κ1) is 15.3. The Bertz CT molecular complexity index is 627. The molecule has 110 valence electrons. The molecule has 0 aromatic heterocycles. The van der Waals surface area contributed by atoms with Gasteiger partial charge in [-0.25, -0.2) is 0 Å². The predicted molar refractivity (Wildman–Crippen MR) is 85.6 cm³/mol. The van der Waals surface area contributed by atoms with Crippen LogP contribution in [0, 0.1) is 26.7 Å². The number of carbonyl (C=O) groups is 1. The molecule has 0 aliphatic rings. The fourth-order valence-corrected chi connectivity index (χ4v) is 2.54. The zero-order chi connectivity index (χ0) is 15.4. The Morgan fingerprint density at radius 2 is 1.57 bits per heavy atom. The van der Waals surface area contributed by atoms with Crippen LogP contribution in [0.15, 0.2) is 42.5 Å². The maximum Gasteiger partial charge on any atom is 0.307 e. The summed E-state index contributed by atoms with van der Waals surface area (Å²) in [7, 11) is 0. The molecule has 0 saturated heterocycles. The molecule has 0 bridgehead atoms. The Balaban J connectivity index is 2.17. The fraction of sp³-hybridized carbons (Fsp3) is 0.316. The van der Waals surface area contributed by atoms with E-state index in [1.54, 1.807) is 0 Å². The van der Waals surface area contributed by atoms with E-state index in [2.05, 4.69) is 18.2 Å². The molecule has 0 aliphatic carbocycles. The topological polar surface area (TPSA) is 37.3 Å². The molecule has 2 aromatic carbocycles. The summed E-state index contributed by atoms with van der Waals surface area (Å²) in [6.45, 7) is 6.12. The van der Waals surface area contributed by atoms with Crippen LogP contribution >= 0.6 is 0 Å². The van der Waals surface area contributed by atoms with E-state index >= 15 is 0 Å². The molecule has 0 spiro atoms. The van der Waals surface area contributed by atoms with Crippen molar-refractivity contribution in [3.63, 3.8) is 0 Å². The number of aryl methyl sites for hydroxylation is 3. The van der Waals surface area contributed by atoms with Gasteiger partial charge in [0.1, 0.15) is 0 Å². The summed E-state index contributed by atoms with van der Waals surface area (Å²) in [6, 6.07) is 14.3. The van der Waals surface area contributed by atoms with E-state index in [0.29, 0.717) is 12.8 Å². The van der Waals surface area contributed by atoms with Crippen LogP contribution in [0.1, 0.15) is 27.8 Å². The highest BCUT2D eigenvalue weighted by molar-refractivity contribution is 5.71. The Hall–Kier alpha value is -2.09. The Morgan fingerprint density at radius 3 is 2.19 bits per heavy atom. The van der Waals surface area contributed by atoms with Crippen molar-refractivity contribution in [1.29, 1.82) is 0 Å². The fourth-order valence-electron chi connectivity index (χ4n) is 2.54. The molecule has 1 atom stereocenters. The van der Waals surface area contributed by atoms with Crippen LogP contribution in [0.2, 0.25) is 0 Å². The molecule has 0 fully saturated rings. The van der Waals surface area contributed by atoms with Crippen molar-refractivity contribution in [2.75, 3.05) is 0 Å². The van der Waals surface area contributed by atoms with Gasteiger partial charge in [-0.15, -0.1) is 0 Å². The predicted octanol–water partition coefficient (Wildman–Crippen LogP) is 4.10. The van der Waals surface area contributed by atoms with E-state index in [1.807, 2.05) is 45.0 Å². The van der Waals surface area contributed by atoms with Crippen LogP contribution in [-0.2, 0) is 17.6 Å². The highest BCUT2D eigenvalue weighted by Crippen LogP contribution is 2.19.